The molecule has 0 unspecified atom stereocenters. The minimum Gasteiger partial charge on any atom is -0.396 e. The summed E-state index contributed by atoms with van der Waals surface area (Å²) in [5.74, 6) is 2.94. The Labute approximate surface area is 103 Å². The summed E-state index contributed by atoms with van der Waals surface area (Å²) in [6, 6.07) is 0. The number of hydrogen-bond acceptors (Lipinski definition) is 1. The van der Waals surface area contributed by atoms with Crippen molar-refractivity contribution in [3.63, 3.8) is 0 Å². The standard InChI is InChI=1S/C15H32O/c1-6-7-12(2)8-13(3)9-14(4)10-15(5)11-16/h12-16H,6-11H2,1-5H3/t12-,13-,14-,15-/m1/s1. The molecule has 0 aromatic carbocycles. The lowest BCUT2D eigenvalue weighted by Crippen LogP contribution is -2.12. The van der Waals surface area contributed by atoms with Crippen molar-refractivity contribution < 1.29 is 5.11 Å². The molecule has 0 spiro atoms. The predicted octanol–water partition coefficient (Wildman–Crippen LogP) is 4.49. The molecule has 16 heavy (non-hydrogen) atoms. The van der Waals surface area contributed by atoms with Gasteiger partial charge in [0.25, 0.3) is 0 Å². The molecule has 0 aromatic heterocycles. The van der Waals surface area contributed by atoms with Gasteiger partial charge in [-0.3, -0.25) is 0 Å². The minimum atomic E-state index is 0.338. The third-order valence-corrected chi connectivity index (χ3v) is 3.51. The quantitative estimate of drug-likeness (QED) is 0.616. The molecular weight excluding hydrogens is 196 g/mol. The maximum absolute atomic E-state index is 9.03. The van der Waals surface area contributed by atoms with Crippen LogP contribution in [0.25, 0.3) is 0 Å². The molecule has 0 aliphatic carbocycles. The molecule has 0 rings (SSSR count). The number of rotatable bonds is 9. The smallest absolute Gasteiger partial charge is 0.0456 e. The molecule has 0 radical (unpaired) electrons. The Kier molecular flexibility index (Phi) is 9.02. The van der Waals surface area contributed by atoms with Crippen LogP contribution in [0.15, 0.2) is 0 Å². The highest BCUT2D eigenvalue weighted by molar-refractivity contribution is 4.65. The van der Waals surface area contributed by atoms with Crippen molar-refractivity contribution in [1.29, 1.82) is 0 Å². The second-order valence-electron chi connectivity index (χ2n) is 6.10. The Bertz CT molecular complexity index is 156. The highest BCUT2D eigenvalue weighted by Gasteiger charge is 2.14. The molecule has 0 saturated carbocycles. The molecular formula is C15H32O. The highest BCUT2D eigenvalue weighted by Crippen LogP contribution is 2.25. The largest absolute Gasteiger partial charge is 0.396 e. The summed E-state index contributed by atoms with van der Waals surface area (Å²) in [5, 5.41) is 9.03. The average molecular weight is 228 g/mol. The van der Waals surface area contributed by atoms with Crippen LogP contribution in [0.4, 0.5) is 0 Å². The second-order valence-corrected chi connectivity index (χ2v) is 6.10. The van der Waals surface area contributed by atoms with E-state index in [0.717, 1.165) is 17.8 Å². The van der Waals surface area contributed by atoms with Crippen LogP contribution in [0.2, 0.25) is 0 Å². The summed E-state index contributed by atoms with van der Waals surface area (Å²) in [7, 11) is 0. The molecule has 0 bridgehead atoms. The van der Waals surface area contributed by atoms with Crippen LogP contribution in [0.1, 0.15) is 66.7 Å². The molecule has 0 fully saturated rings. The first-order valence-corrected chi connectivity index (χ1v) is 7.10. The predicted molar refractivity (Wildman–Crippen MR) is 72.5 cm³/mol. The van der Waals surface area contributed by atoms with E-state index in [1.54, 1.807) is 0 Å². The fourth-order valence-corrected chi connectivity index (χ4v) is 2.94. The Hall–Kier alpha value is -0.0400. The van der Waals surface area contributed by atoms with E-state index in [2.05, 4.69) is 34.6 Å². The molecule has 0 heterocycles. The number of hydrogen-bond donors (Lipinski definition) is 1. The monoisotopic (exact) mass is 228 g/mol. The van der Waals surface area contributed by atoms with Crippen LogP contribution in [-0.4, -0.2) is 11.7 Å². The molecule has 0 aromatic rings. The first kappa shape index (κ1) is 16.0. The van der Waals surface area contributed by atoms with Gasteiger partial charge in [-0.05, 0) is 42.9 Å². The van der Waals surface area contributed by atoms with Crippen molar-refractivity contribution in [2.24, 2.45) is 23.7 Å². The summed E-state index contributed by atoms with van der Waals surface area (Å²) in [6.07, 6.45) is 6.53. The van der Waals surface area contributed by atoms with Crippen LogP contribution in [-0.2, 0) is 0 Å². The molecule has 98 valence electrons. The minimum absolute atomic E-state index is 0.338. The zero-order chi connectivity index (χ0) is 12.6. The van der Waals surface area contributed by atoms with Crippen molar-refractivity contribution in [2.45, 2.75) is 66.7 Å². The molecule has 1 nitrogen and oxygen atoms in total. The molecule has 0 saturated heterocycles. The molecule has 4 atom stereocenters. The van der Waals surface area contributed by atoms with Gasteiger partial charge < -0.3 is 5.11 Å². The number of aliphatic hydroxyl groups excluding tert-OH is 1. The highest BCUT2D eigenvalue weighted by atomic mass is 16.3. The van der Waals surface area contributed by atoms with E-state index in [-0.39, 0.29) is 0 Å². The van der Waals surface area contributed by atoms with Gasteiger partial charge in [-0.15, -0.1) is 0 Å². The molecule has 0 aliphatic heterocycles. The Morgan fingerprint density at radius 2 is 1.19 bits per heavy atom. The van der Waals surface area contributed by atoms with E-state index in [0.29, 0.717) is 12.5 Å². The third kappa shape index (κ3) is 8.15. The lowest BCUT2D eigenvalue weighted by Gasteiger charge is -2.22. The van der Waals surface area contributed by atoms with Gasteiger partial charge in [0.05, 0.1) is 0 Å². The van der Waals surface area contributed by atoms with Crippen LogP contribution >= 0.6 is 0 Å². The first-order valence-electron chi connectivity index (χ1n) is 7.10. The fourth-order valence-electron chi connectivity index (χ4n) is 2.94. The second kappa shape index (κ2) is 9.04. The SMILES string of the molecule is CCC[C@@H](C)C[C@@H](C)C[C@@H](C)C[C@@H](C)CO. The van der Waals surface area contributed by atoms with Crippen LogP contribution in [0.5, 0.6) is 0 Å². The van der Waals surface area contributed by atoms with Gasteiger partial charge in [-0.1, -0.05) is 47.5 Å². The Morgan fingerprint density at radius 1 is 0.750 bits per heavy atom. The van der Waals surface area contributed by atoms with E-state index >= 15 is 0 Å². The zero-order valence-electron chi connectivity index (χ0n) is 12.0. The van der Waals surface area contributed by atoms with E-state index in [1.807, 2.05) is 0 Å². The average Bonchev–Trinajstić information content (AvgIpc) is 2.16. The Morgan fingerprint density at radius 3 is 1.62 bits per heavy atom. The first-order chi connectivity index (χ1) is 7.49. The summed E-state index contributed by atoms with van der Waals surface area (Å²) in [6.45, 7) is 11.8. The van der Waals surface area contributed by atoms with Gasteiger partial charge >= 0.3 is 0 Å². The van der Waals surface area contributed by atoms with Crippen LogP contribution in [0, 0.1) is 23.7 Å². The molecule has 1 N–H and O–H groups in total. The van der Waals surface area contributed by atoms with Crippen molar-refractivity contribution >= 4 is 0 Å². The lowest BCUT2D eigenvalue weighted by molar-refractivity contribution is 0.204. The van der Waals surface area contributed by atoms with Crippen molar-refractivity contribution in [1.82, 2.24) is 0 Å². The van der Waals surface area contributed by atoms with Gasteiger partial charge in [0.2, 0.25) is 0 Å². The van der Waals surface area contributed by atoms with Crippen molar-refractivity contribution in [3.8, 4) is 0 Å². The third-order valence-electron chi connectivity index (χ3n) is 3.51. The van der Waals surface area contributed by atoms with Gasteiger partial charge in [-0.25, -0.2) is 0 Å². The van der Waals surface area contributed by atoms with Crippen molar-refractivity contribution in [3.05, 3.63) is 0 Å². The van der Waals surface area contributed by atoms with Gasteiger partial charge in [0.1, 0.15) is 0 Å². The van der Waals surface area contributed by atoms with Gasteiger partial charge in [0.15, 0.2) is 0 Å². The summed E-state index contributed by atoms with van der Waals surface area (Å²) in [4.78, 5) is 0. The maximum atomic E-state index is 9.03. The van der Waals surface area contributed by atoms with E-state index in [1.165, 1.54) is 32.1 Å². The van der Waals surface area contributed by atoms with E-state index in [4.69, 9.17) is 5.11 Å². The summed E-state index contributed by atoms with van der Waals surface area (Å²) < 4.78 is 0. The zero-order valence-corrected chi connectivity index (χ0v) is 12.0. The van der Waals surface area contributed by atoms with E-state index in [9.17, 15) is 0 Å². The summed E-state index contributed by atoms with van der Waals surface area (Å²) >= 11 is 0. The fraction of sp³-hybridized carbons (Fsp3) is 1.00. The van der Waals surface area contributed by atoms with E-state index < -0.39 is 0 Å². The van der Waals surface area contributed by atoms with Crippen molar-refractivity contribution in [2.75, 3.05) is 6.61 Å². The van der Waals surface area contributed by atoms with Gasteiger partial charge in [-0.2, -0.15) is 0 Å². The number of aliphatic hydroxyl groups is 1. The molecule has 0 aliphatic rings. The molecule has 0 amide bonds. The lowest BCUT2D eigenvalue weighted by atomic mass is 9.85. The Balaban J connectivity index is 3.72. The topological polar surface area (TPSA) is 20.2 Å². The maximum Gasteiger partial charge on any atom is 0.0456 e. The normalized spacial score (nSPS) is 19.1. The molecule has 1 heteroatoms. The van der Waals surface area contributed by atoms with Crippen LogP contribution < -0.4 is 0 Å². The van der Waals surface area contributed by atoms with Crippen LogP contribution in [0.3, 0.4) is 0 Å². The summed E-state index contributed by atoms with van der Waals surface area (Å²) in [5.41, 5.74) is 0. The van der Waals surface area contributed by atoms with Gasteiger partial charge in [0, 0.05) is 6.61 Å².